The molecule has 7 heteroatoms. The predicted octanol–water partition coefficient (Wildman–Crippen LogP) is 6.25. The summed E-state index contributed by atoms with van der Waals surface area (Å²) in [6.07, 6.45) is 2.96. The third-order valence-electron chi connectivity index (χ3n) is 6.19. The number of benzene rings is 2. The lowest BCUT2D eigenvalue weighted by atomic mass is 9.85. The van der Waals surface area contributed by atoms with E-state index >= 15 is 0 Å². The second-order valence-electron chi connectivity index (χ2n) is 7.53. The van der Waals surface area contributed by atoms with Gasteiger partial charge in [0.05, 0.1) is 5.41 Å². The monoisotopic (exact) mass is 433 g/mol. The molecule has 0 saturated heterocycles. The molecule has 2 aromatic rings. The zero-order valence-corrected chi connectivity index (χ0v) is 17.5. The summed E-state index contributed by atoms with van der Waals surface area (Å²) in [7, 11) is 0. The van der Waals surface area contributed by atoms with Gasteiger partial charge in [0.25, 0.3) is 6.26 Å². The van der Waals surface area contributed by atoms with Gasteiger partial charge in [0.1, 0.15) is 10.2 Å². The molecule has 2 aromatic carbocycles. The van der Waals surface area contributed by atoms with Crippen LogP contribution in [-0.4, -0.2) is 5.97 Å². The minimum atomic E-state index is -1.16. The van der Waals surface area contributed by atoms with Gasteiger partial charge in [-0.15, -0.1) is 5.26 Å². The number of halogens is 3. The van der Waals surface area contributed by atoms with Crippen LogP contribution in [0.15, 0.2) is 59.1 Å². The number of hydrogen-bond donors (Lipinski definition) is 0. The first-order valence-corrected chi connectivity index (χ1v) is 9.54. The third-order valence-corrected chi connectivity index (χ3v) is 6.41. The number of carbonyl (C=O) groups is 1. The minimum absolute atomic E-state index is 0.00845. The Bertz CT molecular complexity index is 1030. The molecular formula is C22H18Cl2FNO3. The molecule has 1 fully saturated rings. The topological polar surface area (TPSA) is 59.3 Å². The maximum atomic E-state index is 14.5. The van der Waals surface area contributed by atoms with E-state index in [0.717, 1.165) is 0 Å². The van der Waals surface area contributed by atoms with E-state index in [1.54, 1.807) is 37.3 Å². The molecule has 2 atom stereocenters. The number of carbonyl (C=O) groups excluding carboxylic acids is 1. The molecule has 0 radical (unpaired) electrons. The van der Waals surface area contributed by atoms with E-state index in [1.807, 2.05) is 19.9 Å². The van der Waals surface area contributed by atoms with Gasteiger partial charge in [-0.25, -0.2) is 4.39 Å². The Morgan fingerprint density at radius 2 is 1.79 bits per heavy atom. The summed E-state index contributed by atoms with van der Waals surface area (Å²) in [5.41, 5.74) is -2.36. The summed E-state index contributed by atoms with van der Waals surface area (Å²) in [5, 5.41) is 8.84. The van der Waals surface area contributed by atoms with Crippen LogP contribution in [0, 0.1) is 28.2 Å². The molecule has 1 aliphatic rings. The summed E-state index contributed by atoms with van der Waals surface area (Å²) in [6, 6.07) is 13.1. The van der Waals surface area contributed by atoms with Crippen LogP contribution in [-0.2, 0) is 14.9 Å². The molecule has 0 aromatic heterocycles. The Kier molecular flexibility index (Phi) is 5.38. The molecule has 2 unspecified atom stereocenters. The molecule has 1 aliphatic carbocycles. The molecule has 0 N–H and O–H groups in total. The first-order chi connectivity index (χ1) is 13.6. The van der Waals surface area contributed by atoms with Gasteiger partial charge in [0.15, 0.2) is 11.6 Å². The molecule has 3 rings (SSSR count). The molecule has 0 aliphatic heterocycles. The lowest BCUT2D eigenvalue weighted by Gasteiger charge is -2.20. The predicted molar refractivity (Wildman–Crippen MR) is 108 cm³/mol. The van der Waals surface area contributed by atoms with Crippen molar-refractivity contribution in [2.45, 2.75) is 26.2 Å². The summed E-state index contributed by atoms with van der Waals surface area (Å²) in [6.45, 7) is 5.33. The highest BCUT2D eigenvalue weighted by atomic mass is 35.5. The molecule has 150 valence electrons. The van der Waals surface area contributed by atoms with E-state index in [9.17, 15) is 9.18 Å². The highest BCUT2D eigenvalue weighted by molar-refractivity contribution is 6.56. The van der Waals surface area contributed by atoms with Crippen LogP contribution in [0.3, 0.4) is 0 Å². The first kappa shape index (κ1) is 21.2. The molecule has 0 spiro atoms. The highest BCUT2D eigenvalue weighted by Gasteiger charge is 2.84. The zero-order chi connectivity index (χ0) is 21.4. The second kappa shape index (κ2) is 7.37. The number of nitriles is 1. The molecule has 0 heterocycles. The van der Waals surface area contributed by atoms with E-state index in [4.69, 9.17) is 33.2 Å². The van der Waals surface area contributed by atoms with Crippen molar-refractivity contribution < 1.29 is 18.7 Å². The average molecular weight is 434 g/mol. The van der Waals surface area contributed by atoms with Crippen LogP contribution < -0.4 is 4.74 Å². The Labute approximate surface area is 178 Å². The largest absolute Gasteiger partial charge is 0.454 e. The van der Waals surface area contributed by atoms with Gasteiger partial charge >= 0.3 is 5.97 Å². The highest BCUT2D eigenvalue weighted by Crippen LogP contribution is 2.79. The lowest BCUT2D eigenvalue weighted by molar-refractivity contribution is -0.144. The Morgan fingerprint density at radius 3 is 2.38 bits per heavy atom. The van der Waals surface area contributed by atoms with Crippen LogP contribution in [0.2, 0.25) is 0 Å². The molecule has 29 heavy (non-hydrogen) atoms. The summed E-state index contributed by atoms with van der Waals surface area (Å²) >= 11 is 12.0. The summed E-state index contributed by atoms with van der Waals surface area (Å²) in [5.74, 6) is -0.824. The van der Waals surface area contributed by atoms with Crippen molar-refractivity contribution in [3.05, 3.63) is 70.5 Å². The van der Waals surface area contributed by atoms with Crippen LogP contribution >= 0.6 is 23.2 Å². The van der Waals surface area contributed by atoms with Crippen molar-refractivity contribution in [2.75, 3.05) is 0 Å². The number of allylic oxidation sites excluding steroid dienone is 1. The van der Waals surface area contributed by atoms with Crippen LogP contribution in [0.1, 0.15) is 26.3 Å². The SMILES string of the molecule is CC1(C)C(C)(C(=O)OC#N)C1(C=C(Cl)Cl)c1ccc(F)c(Oc2ccccc2)c1. The number of para-hydroxylation sites is 1. The van der Waals surface area contributed by atoms with Crippen molar-refractivity contribution in [2.24, 2.45) is 10.8 Å². The smallest absolute Gasteiger partial charge is 0.329 e. The zero-order valence-electron chi connectivity index (χ0n) is 16.0. The van der Waals surface area contributed by atoms with Crippen molar-refractivity contribution in [1.82, 2.24) is 0 Å². The second-order valence-corrected chi connectivity index (χ2v) is 8.54. The Balaban J connectivity index is 2.15. The molecule has 1 saturated carbocycles. The number of rotatable bonds is 5. The molecule has 0 amide bonds. The fourth-order valence-corrected chi connectivity index (χ4v) is 4.68. The van der Waals surface area contributed by atoms with Crippen molar-refractivity contribution in [1.29, 1.82) is 5.26 Å². The van der Waals surface area contributed by atoms with Crippen LogP contribution in [0.4, 0.5) is 4.39 Å². The van der Waals surface area contributed by atoms with E-state index in [2.05, 4.69) is 4.74 Å². The van der Waals surface area contributed by atoms with Gasteiger partial charge in [-0.2, -0.15) is 0 Å². The third kappa shape index (κ3) is 3.08. The summed E-state index contributed by atoms with van der Waals surface area (Å²) < 4.78 is 24.8. The van der Waals surface area contributed by atoms with Gasteiger partial charge in [0.2, 0.25) is 0 Å². The Morgan fingerprint density at radius 1 is 1.14 bits per heavy atom. The average Bonchev–Trinajstić information content (AvgIpc) is 3.06. The van der Waals surface area contributed by atoms with Crippen molar-refractivity contribution >= 4 is 29.2 Å². The fraction of sp³-hybridized carbons (Fsp3) is 0.273. The molecular weight excluding hydrogens is 416 g/mol. The van der Waals surface area contributed by atoms with Gasteiger partial charge in [0, 0.05) is 5.41 Å². The van der Waals surface area contributed by atoms with Crippen molar-refractivity contribution in [3.8, 4) is 17.8 Å². The standard InChI is InChI=1S/C22H18Cl2FNO3/c1-20(2)21(3,19(27)28-13-26)22(20,12-18(23)24)14-9-10-16(25)17(11-14)29-15-7-5-4-6-8-15/h4-12H,1-3H3. The number of esters is 1. The number of hydrogen-bond acceptors (Lipinski definition) is 4. The minimum Gasteiger partial charge on any atom is -0.454 e. The van der Waals surface area contributed by atoms with Crippen molar-refractivity contribution in [3.63, 3.8) is 0 Å². The van der Waals surface area contributed by atoms with Gasteiger partial charge < -0.3 is 9.47 Å². The maximum absolute atomic E-state index is 14.5. The maximum Gasteiger partial charge on any atom is 0.329 e. The fourth-order valence-electron chi connectivity index (χ4n) is 4.36. The van der Waals surface area contributed by atoms with E-state index in [0.29, 0.717) is 11.3 Å². The normalized spacial score (nSPS) is 24.2. The van der Waals surface area contributed by atoms with E-state index < -0.39 is 28.0 Å². The van der Waals surface area contributed by atoms with Crippen LogP contribution in [0.5, 0.6) is 11.5 Å². The lowest BCUT2D eigenvalue weighted by Crippen LogP contribution is -2.24. The van der Waals surface area contributed by atoms with Crippen LogP contribution in [0.25, 0.3) is 0 Å². The molecule has 4 nitrogen and oxygen atoms in total. The van der Waals surface area contributed by atoms with Gasteiger partial charge in [-0.1, -0.05) is 61.3 Å². The molecule has 0 bridgehead atoms. The van der Waals surface area contributed by atoms with Gasteiger partial charge in [-0.3, -0.25) is 4.79 Å². The van der Waals surface area contributed by atoms with E-state index in [-0.39, 0.29) is 10.2 Å². The van der Waals surface area contributed by atoms with E-state index in [1.165, 1.54) is 24.5 Å². The first-order valence-electron chi connectivity index (χ1n) is 8.79. The number of nitrogens with zero attached hydrogens (tertiary/aromatic N) is 1. The summed E-state index contributed by atoms with van der Waals surface area (Å²) in [4.78, 5) is 12.7. The number of ether oxygens (including phenoxy) is 2. The van der Waals surface area contributed by atoms with Gasteiger partial charge in [-0.05, 0) is 48.2 Å². The quantitative estimate of drug-likeness (QED) is 0.413. The Hall–Kier alpha value is -2.55.